The lowest BCUT2D eigenvalue weighted by atomic mass is 10.2. The lowest BCUT2D eigenvalue weighted by Gasteiger charge is -2.10. The molecule has 0 saturated carbocycles. The van der Waals surface area contributed by atoms with E-state index in [0.717, 1.165) is 0 Å². The molecule has 5 nitrogen and oxygen atoms in total. The molecule has 20 heavy (non-hydrogen) atoms. The zero-order valence-corrected chi connectivity index (χ0v) is 12.7. The summed E-state index contributed by atoms with van der Waals surface area (Å²) in [6.07, 6.45) is 0.0739. The number of nitrogens with zero attached hydrogens (tertiary/aromatic N) is 2. The van der Waals surface area contributed by atoms with Crippen molar-refractivity contribution in [1.29, 1.82) is 0 Å². The molecule has 0 radical (unpaired) electrons. The van der Waals surface area contributed by atoms with Crippen molar-refractivity contribution in [1.82, 2.24) is 10.1 Å². The molecule has 0 aliphatic heterocycles. The quantitative estimate of drug-likeness (QED) is 0.902. The molecule has 2 aromatic rings. The van der Waals surface area contributed by atoms with Crippen molar-refractivity contribution in [2.75, 3.05) is 6.61 Å². The summed E-state index contributed by atoms with van der Waals surface area (Å²) in [5.41, 5.74) is 6.39. The van der Waals surface area contributed by atoms with Gasteiger partial charge in [0, 0.05) is 0 Å². The van der Waals surface area contributed by atoms with Gasteiger partial charge in [0.25, 0.3) is 5.89 Å². The number of ether oxygens (including phenoxy) is 1. The van der Waals surface area contributed by atoms with Gasteiger partial charge >= 0.3 is 0 Å². The Balaban J connectivity index is 2.18. The molecule has 2 rings (SSSR count). The Labute approximate surface area is 124 Å². The van der Waals surface area contributed by atoms with Crippen LogP contribution in [0.15, 0.2) is 27.2 Å². The van der Waals surface area contributed by atoms with Crippen LogP contribution in [0.4, 0.5) is 4.39 Å². The van der Waals surface area contributed by atoms with Gasteiger partial charge in [0.05, 0.1) is 28.8 Å². The monoisotopic (exact) mass is 343 g/mol. The summed E-state index contributed by atoms with van der Waals surface area (Å²) in [6, 6.07) is 4.11. The van der Waals surface area contributed by atoms with E-state index in [-0.39, 0.29) is 16.5 Å². The normalized spacial score (nSPS) is 12.9. The Bertz CT molecular complexity index is 589. The molecule has 7 heteroatoms. The van der Waals surface area contributed by atoms with Gasteiger partial charge in [0.2, 0.25) is 0 Å². The Hall–Kier alpha value is -1.31. The Kier molecular flexibility index (Phi) is 4.85. The van der Waals surface area contributed by atoms with Gasteiger partial charge in [-0.05, 0) is 41.9 Å². The minimum Gasteiger partial charge on any atom is -0.377 e. The molecule has 1 unspecified atom stereocenters. The first-order chi connectivity index (χ1) is 9.49. The molecule has 2 N–H and O–H groups in total. The van der Waals surface area contributed by atoms with Crippen molar-refractivity contribution in [3.05, 3.63) is 34.3 Å². The van der Waals surface area contributed by atoms with E-state index >= 15 is 0 Å². The van der Waals surface area contributed by atoms with E-state index in [1.807, 2.05) is 13.8 Å². The third-order valence-corrected chi connectivity index (χ3v) is 3.37. The lowest BCUT2D eigenvalue weighted by Crippen LogP contribution is -2.20. The zero-order chi connectivity index (χ0) is 14.7. The highest BCUT2D eigenvalue weighted by Gasteiger charge is 2.18. The van der Waals surface area contributed by atoms with Crippen molar-refractivity contribution in [3.8, 4) is 11.5 Å². The lowest BCUT2D eigenvalue weighted by molar-refractivity contribution is 0.0665. The summed E-state index contributed by atoms with van der Waals surface area (Å²) in [7, 11) is 0. The highest BCUT2D eigenvalue weighted by molar-refractivity contribution is 9.10. The van der Waals surface area contributed by atoms with E-state index in [1.165, 1.54) is 6.07 Å². The third-order valence-electron chi connectivity index (χ3n) is 2.56. The minimum atomic E-state index is -0.484. The Morgan fingerprint density at radius 1 is 1.45 bits per heavy atom. The van der Waals surface area contributed by atoms with Gasteiger partial charge in [-0.3, -0.25) is 0 Å². The average molecular weight is 344 g/mol. The third kappa shape index (κ3) is 3.41. The van der Waals surface area contributed by atoms with Gasteiger partial charge in [-0.25, -0.2) is 4.39 Å². The van der Waals surface area contributed by atoms with Gasteiger partial charge in [0.15, 0.2) is 5.82 Å². The second kappa shape index (κ2) is 6.43. The highest BCUT2D eigenvalue weighted by Crippen LogP contribution is 2.29. The van der Waals surface area contributed by atoms with Crippen LogP contribution in [0, 0.1) is 5.82 Å². The van der Waals surface area contributed by atoms with Crippen LogP contribution in [-0.2, 0) is 4.74 Å². The maximum absolute atomic E-state index is 13.5. The fraction of sp³-hybridized carbons (Fsp3) is 0.385. The van der Waals surface area contributed by atoms with Crippen LogP contribution in [0.5, 0.6) is 0 Å². The molecule has 0 bridgehead atoms. The number of nitrogens with two attached hydrogens (primary N) is 1. The van der Waals surface area contributed by atoms with Gasteiger partial charge in [-0.15, -0.1) is 0 Å². The van der Waals surface area contributed by atoms with E-state index in [1.54, 1.807) is 12.1 Å². The van der Waals surface area contributed by atoms with E-state index in [0.29, 0.717) is 18.0 Å². The Morgan fingerprint density at radius 2 is 2.20 bits per heavy atom. The predicted octanol–water partition coefficient (Wildman–Crippen LogP) is 3.06. The first kappa shape index (κ1) is 15.1. The van der Waals surface area contributed by atoms with Gasteiger partial charge in [-0.2, -0.15) is 4.98 Å². The largest absolute Gasteiger partial charge is 0.377 e. The summed E-state index contributed by atoms with van der Waals surface area (Å²) < 4.78 is 24.3. The fourth-order valence-electron chi connectivity index (χ4n) is 1.53. The molecule has 0 aliphatic carbocycles. The second-order valence-electron chi connectivity index (χ2n) is 4.55. The van der Waals surface area contributed by atoms with Crippen LogP contribution in [-0.4, -0.2) is 22.9 Å². The average Bonchev–Trinajstić information content (AvgIpc) is 2.88. The molecule has 108 valence electrons. The molecule has 0 aliphatic rings. The van der Waals surface area contributed by atoms with Crippen LogP contribution >= 0.6 is 15.9 Å². The Morgan fingerprint density at radius 3 is 2.90 bits per heavy atom. The summed E-state index contributed by atoms with van der Waals surface area (Å²) in [6.45, 7) is 4.12. The van der Waals surface area contributed by atoms with Crippen molar-refractivity contribution in [2.24, 2.45) is 5.73 Å². The zero-order valence-electron chi connectivity index (χ0n) is 11.1. The SMILES string of the molecule is CC(C)OCC(N)c1noc(-c2cccc(F)c2Br)n1. The van der Waals surface area contributed by atoms with Crippen molar-refractivity contribution < 1.29 is 13.7 Å². The van der Waals surface area contributed by atoms with E-state index in [4.69, 9.17) is 15.0 Å². The number of hydrogen-bond donors (Lipinski definition) is 1. The number of halogens is 2. The number of rotatable bonds is 5. The summed E-state index contributed by atoms with van der Waals surface area (Å²) in [4.78, 5) is 4.18. The molecule has 0 amide bonds. The maximum atomic E-state index is 13.5. The van der Waals surface area contributed by atoms with Crippen LogP contribution in [0.1, 0.15) is 25.7 Å². The van der Waals surface area contributed by atoms with E-state index in [9.17, 15) is 4.39 Å². The van der Waals surface area contributed by atoms with Gasteiger partial charge in [0.1, 0.15) is 5.82 Å². The van der Waals surface area contributed by atoms with E-state index in [2.05, 4.69) is 26.1 Å². The van der Waals surface area contributed by atoms with Crippen LogP contribution in [0.3, 0.4) is 0 Å². The van der Waals surface area contributed by atoms with Gasteiger partial charge in [-0.1, -0.05) is 11.2 Å². The van der Waals surface area contributed by atoms with Crippen molar-refractivity contribution in [3.63, 3.8) is 0 Å². The van der Waals surface area contributed by atoms with Gasteiger partial charge < -0.3 is 15.0 Å². The van der Waals surface area contributed by atoms with Crippen molar-refractivity contribution >= 4 is 15.9 Å². The number of hydrogen-bond acceptors (Lipinski definition) is 5. The van der Waals surface area contributed by atoms with Crippen LogP contribution in [0.25, 0.3) is 11.5 Å². The molecular weight excluding hydrogens is 329 g/mol. The predicted molar refractivity (Wildman–Crippen MR) is 75.4 cm³/mol. The highest BCUT2D eigenvalue weighted by atomic mass is 79.9. The molecule has 1 atom stereocenters. The summed E-state index contributed by atoms with van der Waals surface area (Å²) in [5.74, 6) is 0.151. The molecule has 1 heterocycles. The number of benzene rings is 1. The van der Waals surface area contributed by atoms with Crippen LogP contribution in [0.2, 0.25) is 0 Å². The number of aromatic nitrogens is 2. The summed E-state index contributed by atoms with van der Waals surface area (Å²) >= 11 is 3.15. The molecule has 1 aromatic heterocycles. The molecule has 0 saturated heterocycles. The second-order valence-corrected chi connectivity index (χ2v) is 5.34. The summed E-state index contributed by atoms with van der Waals surface area (Å²) in [5, 5.41) is 3.81. The van der Waals surface area contributed by atoms with Crippen LogP contribution < -0.4 is 5.73 Å². The topological polar surface area (TPSA) is 74.2 Å². The smallest absolute Gasteiger partial charge is 0.259 e. The molecular formula is C13H15BrFN3O2. The van der Waals surface area contributed by atoms with Crippen molar-refractivity contribution in [2.45, 2.75) is 26.0 Å². The first-order valence-corrected chi connectivity index (χ1v) is 6.93. The fourth-order valence-corrected chi connectivity index (χ4v) is 1.97. The first-order valence-electron chi connectivity index (χ1n) is 6.14. The minimum absolute atomic E-state index is 0.0739. The molecule has 0 spiro atoms. The molecule has 1 aromatic carbocycles. The standard InChI is InChI=1S/C13H15BrFN3O2/c1-7(2)19-6-10(16)12-17-13(20-18-12)8-4-3-5-9(15)11(8)14/h3-5,7,10H,6,16H2,1-2H3. The molecule has 0 fully saturated rings. The maximum Gasteiger partial charge on any atom is 0.259 e. The van der Waals surface area contributed by atoms with E-state index < -0.39 is 11.9 Å².